The fourth-order valence-electron chi connectivity index (χ4n) is 2.07. The Morgan fingerprint density at radius 1 is 1.17 bits per heavy atom. The summed E-state index contributed by atoms with van der Waals surface area (Å²) in [5.41, 5.74) is 0.644. The first kappa shape index (κ1) is 17.1. The summed E-state index contributed by atoms with van der Waals surface area (Å²) in [5, 5.41) is 3.38. The monoisotopic (exact) mass is 333 g/mol. The van der Waals surface area contributed by atoms with Crippen molar-refractivity contribution in [2.24, 2.45) is 0 Å². The Kier molecular flexibility index (Phi) is 6.23. The summed E-state index contributed by atoms with van der Waals surface area (Å²) in [7, 11) is 0. The van der Waals surface area contributed by atoms with Gasteiger partial charge in [-0.25, -0.2) is 4.98 Å². The number of nitrogens with zero attached hydrogens (tertiary/aromatic N) is 2. The molecule has 1 amide bonds. The second kappa shape index (κ2) is 8.39. The van der Waals surface area contributed by atoms with Crippen LogP contribution in [0.2, 0.25) is 5.02 Å². The van der Waals surface area contributed by atoms with Gasteiger partial charge in [0.1, 0.15) is 11.6 Å². The van der Waals surface area contributed by atoms with E-state index in [1.165, 1.54) is 0 Å². The zero-order valence-electron chi connectivity index (χ0n) is 13.3. The van der Waals surface area contributed by atoms with E-state index < -0.39 is 0 Å². The van der Waals surface area contributed by atoms with Gasteiger partial charge in [0.25, 0.3) is 5.91 Å². The van der Waals surface area contributed by atoms with Gasteiger partial charge in [0.2, 0.25) is 0 Å². The molecule has 0 spiro atoms. The average molecular weight is 334 g/mol. The average Bonchev–Trinajstić information content (AvgIpc) is 2.57. The lowest BCUT2D eigenvalue weighted by Gasteiger charge is -2.19. The first-order chi connectivity index (χ1) is 11.1. The molecule has 0 aliphatic heterocycles. The van der Waals surface area contributed by atoms with Gasteiger partial charge < -0.3 is 15.0 Å². The second-order valence-electron chi connectivity index (χ2n) is 4.87. The van der Waals surface area contributed by atoms with Gasteiger partial charge in [-0.2, -0.15) is 0 Å². The van der Waals surface area contributed by atoms with Crippen LogP contribution in [0, 0.1) is 0 Å². The van der Waals surface area contributed by atoms with Crippen molar-refractivity contribution in [3.63, 3.8) is 0 Å². The van der Waals surface area contributed by atoms with Crippen molar-refractivity contribution < 1.29 is 9.53 Å². The molecule has 1 heterocycles. The molecule has 1 aromatic carbocycles. The zero-order valence-corrected chi connectivity index (χ0v) is 14.0. The Morgan fingerprint density at radius 2 is 1.87 bits per heavy atom. The zero-order chi connectivity index (χ0) is 16.7. The normalized spacial score (nSPS) is 10.2. The van der Waals surface area contributed by atoms with Crippen LogP contribution in [0.4, 0.5) is 11.5 Å². The van der Waals surface area contributed by atoms with E-state index in [0.717, 1.165) is 18.9 Å². The van der Waals surface area contributed by atoms with Gasteiger partial charge in [-0.15, -0.1) is 0 Å². The van der Waals surface area contributed by atoms with E-state index in [4.69, 9.17) is 16.3 Å². The van der Waals surface area contributed by atoms with E-state index in [1.54, 1.807) is 30.5 Å². The van der Waals surface area contributed by atoms with Crippen molar-refractivity contribution in [1.29, 1.82) is 0 Å². The third kappa shape index (κ3) is 5.14. The Balaban J connectivity index is 1.86. The lowest BCUT2D eigenvalue weighted by Crippen LogP contribution is -2.23. The number of amides is 1. The van der Waals surface area contributed by atoms with Crippen LogP contribution in [-0.2, 0) is 4.79 Å². The van der Waals surface area contributed by atoms with E-state index in [2.05, 4.69) is 29.0 Å². The van der Waals surface area contributed by atoms with E-state index in [0.29, 0.717) is 16.5 Å². The maximum Gasteiger partial charge on any atom is 0.262 e. The SMILES string of the molecule is CCN(CC)c1ccc(NC(=O)COc2ccc(Cl)cc2)cn1. The van der Waals surface area contributed by atoms with Crippen molar-refractivity contribution >= 4 is 29.0 Å². The summed E-state index contributed by atoms with van der Waals surface area (Å²) in [5.74, 6) is 1.25. The number of carbonyl (C=O) groups is 1. The summed E-state index contributed by atoms with van der Waals surface area (Å²) in [4.78, 5) is 18.4. The predicted molar refractivity (Wildman–Crippen MR) is 93.4 cm³/mol. The molecule has 0 atom stereocenters. The van der Waals surface area contributed by atoms with E-state index in [9.17, 15) is 4.79 Å². The van der Waals surface area contributed by atoms with Crippen LogP contribution in [0.25, 0.3) is 0 Å². The summed E-state index contributed by atoms with van der Waals surface area (Å²) in [6.45, 7) is 5.87. The molecule has 0 aliphatic rings. The van der Waals surface area contributed by atoms with Crippen LogP contribution in [-0.4, -0.2) is 30.6 Å². The lowest BCUT2D eigenvalue weighted by molar-refractivity contribution is -0.118. The highest BCUT2D eigenvalue weighted by Gasteiger charge is 2.06. The number of pyridine rings is 1. The van der Waals surface area contributed by atoms with Crippen molar-refractivity contribution in [3.8, 4) is 5.75 Å². The molecule has 0 radical (unpaired) electrons. The van der Waals surface area contributed by atoms with Gasteiger partial charge in [0.15, 0.2) is 6.61 Å². The number of nitrogens with one attached hydrogen (secondary N) is 1. The first-order valence-corrected chi connectivity index (χ1v) is 7.89. The molecular weight excluding hydrogens is 314 g/mol. The topological polar surface area (TPSA) is 54.5 Å². The van der Waals surface area contributed by atoms with Gasteiger partial charge >= 0.3 is 0 Å². The largest absolute Gasteiger partial charge is 0.484 e. The third-order valence-electron chi connectivity index (χ3n) is 3.30. The number of aromatic nitrogens is 1. The molecule has 0 unspecified atom stereocenters. The number of anilines is 2. The summed E-state index contributed by atoms with van der Waals surface area (Å²) in [6.07, 6.45) is 1.65. The third-order valence-corrected chi connectivity index (χ3v) is 3.55. The van der Waals surface area contributed by atoms with Crippen LogP contribution in [0.3, 0.4) is 0 Å². The molecule has 2 aromatic rings. The van der Waals surface area contributed by atoms with Gasteiger partial charge in [-0.05, 0) is 50.2 Å². The molecule has 0 saturated carbocycles. The Bertz CT molecular complexity index is 625. The van der Waals surface area contributed by atoms with E-state index in [-0.39, 0.29) is 12.5 Å². The quantitative estimate of drug-likeness (QED) is 0.841. The molecule has 0 bridgehead atoms. The van der Waals surface area contributed by atoms with Crippen LogP contribution in [0.15, 0.2) is 42.6 Å². The maximum atomic E-state index is 11.9. The molecule has 23 heavy (non-hydrogen) atoms. The fraction of sp³-hybridized carbons (Fsp3) is 0.294. The molecular formula is C17H20ClN3O2. The van der Waals surface area contributed by atoms with Crippen molar-refractivity contribution in [2.75, 3.05) is 29.9 Å². The fourth-order valence-corrected chi connectivity index (χ4v) is 2.20. The van der Waals surface area contributed by atoms with Gasteiger partial charge in [0, 0.05) is 18.1 Å². The van der Waals surface area contributed by atoms with Gasteiger partial charge in [-0.3, -0.25) is 4.79 Å². The lowest BCUT2D eigenvalue weighted by atomic mass is 10.3. The van der Waals surface area contributed by atoms with Gasteiger partial charge in [-0.1, -0.05) is 11.6 Å². The first-order valence-electron chi connectivity index (χ1n) is 7.51. The number of benzene rings is 1. The minimum atomic E-state index is -0.239. The molecule has 0 saturated heterocycles. The van der Waals surface area contributed by atoms with Crippen LogP contribution in [0.1, 0.15) is 13.8 Å². The number of hydrogen-bond donors (Lipinski definition) is 1. The summed E-state index contributed by atoms with van der Waals surface area (Å²) >= 11 is 5.79. The minimum Gasteiger partial charge on any atom is -0.484 e. The highest BCUT2D eigenvalue weighted by molar-refractivity contribution is 6.30. The predicted octanol–water partition coefficient (Wildman–Crippen LogP) is 3.60. The summed E-state index contributed by atoms with van der Waals surface area (Å²) in [6, 6.07) is 10.6. The number of rotatable bonds is 7. The molecule has 122 valence electrons. The van der Waals surface area contributed by atoms with Crippen molar-refractivity contribution in [2.45, 2.75) is 13.8 Å². The minimum absolute atomic E-state index is 0.0700. The molecule has 5 nitrogen and oxygen atoms in total. The second-order valence-corrected chi connectivity index (χ2v) is 5.30. The number of ether oxygens (including phenoxy) is 1. The molecule has 0 aliphatic carbocycles. The Labute approximate surface area is 141 Å². The number of carbonyl (C=O) groups excluding carboxylic acids is 1. The highest BCUT2D eigenvalue weighted by Crippen LogP contribution is 2.16. The molecule has 2 rings (SSSR count). The van der Waals surface area contributed by atoms with Gasteiger partial charge in [0.05, 0.1) is 11.9 Å². The molecule has 1 aromatic heterocycles. The smallest absolute Gasteiger partial charge is 0.262 e. The summed E-state index contributed by atoms with van der Waals surface area (Å²) < 4.78 is 5.39. The van der Waals surface area contributed by atoms with Crippen molar-refractivity contribution in [3.05, 3.63) is 47.6 Å². The molecule has 1 N–H and O–H groups in total. The standard InChI is InChI=1S/C17H20ClN3O2/c1-3-21(4-2)16-10-7-14(11-19-16)20-17(22)12-23-15-8-5-13(18)6-9-15/h5-11H,3-4,12H2,1-2H3,(H,20,22). The van der Waals surface area contributed by atoms with Crippen LogP contribution in [0.5, 0.6) is 5.75 Å². The van der Waals surface area contributed by atoms with E-state index >= 15 is 0 Å². The van der Waals surface area contributed by atoms with E-state index in [1.807, 2.05) is 12.1 Å². The highest BCUT2D eigenvalue weighted by atomic mass is 35.5. The Morgan fingerprint density at radius 3 is 2.43 bits per heavy atom. The van der Waals surface area contributed by atoms with Crippen LogP contribution >= 0.6 is 11.6 Å². The molecule has 0 fully saturated rings. The number of halogens is 1. The van der Waals surface area contributed by atoms with Crippen LogP contribution < -0.4 is 15.0 Å². The number of hydrogen-bond acceptors (Lipinski definition) is 4. The Hall–Kier alpha value is -2.27. The maximum absolute atomic E-state index is 11.9. The van der Waals surface area contributed by atoms with Crippen molar-refractivity contribution in [1.82, 2.24) is 4.98 Å². The molecule has 6 heteroatoms.